The highest BCUT2D eigenvalue weighted by atomic mass is 127. The minimum Gasteiger partial charge on any atom is -0.398 e. The number of hydrogen-bond donors (Lipinski definition) is 1. The lowest BCUT2D eigenvalue weighted by Crippen LogP contribution is -1.93. The predicted octanol–water partition coefficient (Wildman–Crippen LogP) is 4.32. The van der Waals surface area contributed by atoms with Crippen molar-refractivity contribution in [3.05, 3.63) is 44.3 Å². The van der Waals surface area contributed by atoms with Gasteiger partial charge in [-0.15, -0.1) is 0 Å². The van der Waals surface area contributed by atoms with Crippen LogP contribution >= 0.6 is 50.3 Å². The van der Waals surface area contributed by atoms with Gasteiger partial charge in [-0.05, 0) is 62.8 Å². The average molecular weight is 425 g/mol. The quantitative estimate of drug-likeness (QED) is 0.576. The summed E-state index contributed by atoms with van der Waals surface area (Å²) in [7, 11) is 0. The van der Waals surface area contributed by atoms with Crippen LogP contribution in [0.15, 0.2) is 44.9 Å². The Bertz CT molecular complexity index is 548. The number of benzene rings is 1. The van der Waals surface area contributed by atoms with Gasteiger partial charge in [-0.3, -0.25) is 0 Å². The van der Waals surface area contributed by atoms with E-state index in [0.29, 0.717) is 14.2 Å². The molecule has 17 heavy (non-hydrogen) atoms. The van der Waals surface area contributed by atoms with Crippen LogP contribution in [-0.2, 0) is 0 Å². The van der Waals surface area contributed by atoms with Crippen molar-refractivity contribution < 1.29 is 4.39 Å². The smallest absolute Gasteiger partial charge is 0.137 e. The Kier molecular flexibility index (Phi) is 4.26. The molecule has 88 valence electrons. The predicted molar refractivity (Wildman–Crippen MR) is 79.6 cm³/mol. The van der Waals surface area contributed by atoms with Gasteiger partial charge in [-0.1, -0.05) is 11.8 Å². The summed E-state index contributed by atoms with van der Waals surface area (Å²) in [6, 6.07) is 6.79. The molecule has 2 N–H and O–H groups in total. The van der Waals surface area contributed by atoms with Crippen LogP contribution in [0.3, 0.4) is 0 Å². The fourth-order valence-corrected chi connectivity index (χ4v) is 2.70. The first-order valence-corrected chi connectivity index (χ1v) is 7.29. The van der Waals surface area contributed by atoms with Crippen molar-refractivity contribution in [1.29, 1.82) is 0 Å². The summed E-state index contributed by atoms with van der Waals surface area (Å²) in [6.07, 6.45) is 1.70. The number of rotatable bonds is 2. The van der Waals surface area contributed by atoms with Crippen LogP contribution in [0.4, 0.5) is 10.1 Å². The zero-order chi connectivity index (χ0) is 12.4. The molecule has 0 aliphatic rings. The van der Waals surface area contributed by atoms with E-state index in [9.17, 15) is 4.39 Å². The van der Waals surface area contributed by atoms with Crippen molar-refractivity contribution in [3.63, 3.8) is 0 Å². The van der Waals surface area contributed by atoms with Crippen molar-refractivity contribution in [1.82, 2.24) is 4.98 Å². The van der Waals surface area contributed by atoms with Gasteiger partial charge in [0.25, 0.3) is 0 Å². The van der Waals surface area contributed by atoms with E-state index in [1.165, 1.54) is 17.8 Å². The lowest BCUT2D eigenvalue weighted by molar-refractivity contribution is 0.617. The molecular weight excluding hydrogens is 418 g/mol. The molecule has 0 spiro atoms. The zero-order valence-electron chi connectivity index (χ0n) is 8.45. The third kappa shape index (κ3) is 3.32. The second kappa shape index (κ2) is 5.53. The minimum atomic E-state index is -0.264. The van der Waals surface area contributed by atoms with Crippen molar-refractivity contribution in [2.24, 2.45) is 0 Å². The number of anilines is 1. The zero-order valence-corrected chi connectivity index (χ0v) is 13.0. The van der Waals surface area contributed by atoms with E-state index in [1.54, 1.807) is 12.3 Å². The summed E-state index contributed by atoms with van der Waals surface area (Å²) in [6.45, 7) is 0. The molecule has 1 aromatic carbocycles. The van der Waals surface area contributed by atoms with E-state index >= 15 is 0 Å². The van der Waals surface area contributed by atoms with Gasteiger partial charge in [0.15, 0.2) is 0 Å². The van der Waals surface area contributed by atoms with Gasteiger partial charge < -0.3 is 5.73 Å². The Labute approximate surface area is 124 Å². The normalized spacial score (nSPS) is 10.5. The first-order valence-electron chi connectivity index (χ1n) is 4.60. The SMILES string of the molecule is Nc1cc(I)c(F)cc1Sc1ccc(Br)cn1. The maximum atomic E-state index is 13.4. The molecule has 0 radical (unpaired) electrons. The van der Waals surface area contributed by atoms with E-state index in [1.807, 2.05) is 34.7 Å². The summed E-state index contributed by atoms with van der Waals surface area (Å²) >= 11 is 6.57. The Morgan fingerprint density at radius 1 is 1.35 bits per heavy atom. The fourth-order valence-electron chi connectivity index (χ4n) is 1.17. The van der Waals surface area contributed by atoms with E-state index < -0.39 is 0 Å². The van der Waals surface area contributed by atoms with Gasteiger partial charge in [0.1, 0.15) is 10.8 Å². The average Bonchev–Trinajstić information content (AvgIpc) is 2.29. The lowest BCUT2D eigenvalue weighted by atomic mass is 10.3. The monoisotopic (exact) mass is 424 g/mol. The first kappa shape index (κ1) is 13.1. The molecule has 0 saturated heterocycles. The van der Waals surface area contributed by atoms with Crippen LogP contribution < -0.4 is 5.73 Å². The number of aromatic nitrogens is 1. The summed E-state index contributed by atoms with van der Waals surface area (Å²) in [4.78, 5) is 4.88. The van der Waals surface area contributed by atoms with Crippen LogP contribution in [0.1, 0.15) is 0 Å². The standard InChI is InChI=1S/C11H7BrFIN2S/c12-6-1-2-11(16-5-6)17-10-3-7(13)8(14)4-9(10)15/h1-5H,15H2. The molecule has 0 unspecified atom stereocenters. The number of nitrogens with zero attached hydrogens (tertiary/aromatic N) is 1. The van der Waals surface area contributed by atoms with Crippen molar-refractivity contribution >= 4 is 56.0 Å². The van der Waals surface area contributed by atoms with Gasteiger partial charge in [0.2, 0.25) is 0 Å². The van der Waals surface area contributed by atoms with E-state index in [4.69, 9.17) is 5.73 Å². The molecule has 0 aliphatic carbocycles. The number of halogens is 3. The van der Waals surface area contributed by atoms with Gasteiger partial charge in [0, 0.05) is 21.3 Å². The Morgan fingerprint density at radius 3 is 2.76 bits per heavy atom. The Balaban J connectivity index is 2.30. The maximum absolute atomic E-state index is 13.4. The topological polar surface area (TPSA) is 38.9 Å². The highest BCUT2D eigenvalue weighted by Gasteiger charge is 2.08. The molecule has 0 bridgehead atoms. The first-order chi connectivity index (χ1) is 8.06. The summed E-state index contributed by atoms with van der Waals surface area (Å²) in [5.41, 5.74) is 6.40. The van der Waals surface area contributed by atoms with E-state index in [2.05, 4.69) is 20.9 Å². The van der Waals surface area contributed by atoms with Crippen molar-refractivity contribution in [3.8, 4) is 0 Å². The number of nitrogen functional groups attached to an aromatic ring is 1. The Hall–Kier alpha value is -0.340. The minimum absolute atomic E-state index is 0.264. The van der Waals surface area contributed by atoms with Crippen LogP contribution in [-0.4, -0.2) is 4.98 Å². The van der Waals surface area contributed by atoms with E-state index in [-0.39, 0.29) is 5.82 Å². The summed E-state index contributed by atoms with van der Waals surface area (Å²) in [5.74, 6) is -0.264. The lowest BCUT2D eigenvalue weighted by Gasteiger charge is -2.06. The Morgan fingerprint density at radius 2 is 2.12 bits per heavy atom. The third-order valence-corrected chi connectivity index (χ3v) is 4.29. The highest BCUT2D eigenvalue weighted by molar-refractivity contribution is 14.1. The van der Waals surface area contributed by atoms with Crippen LogP contribution in [0.5, 0.6) is 0 Å². The third-order valence-electron chi connectivity index (χ3n) is 1.97. The summed E-state index contributed by atoms with van der Waals surface area (Å²) < 4.78 is 14.8. The van der Waals surface area contributed by atoms with Gasteiger partial charge in [0.05, 0.1) is 3.57 Å². The number of nitrogens with two attached hydrogens (primary N) is 1. The molecule has 6 heteroatoms. The number of pyridine rings is 1. The second-order valence-corrected chi connectivity index (χ2v) is 6.36. The number of hydrogen-bond acceptors (Lipinski definition) is 3. The van der Waals surface area contributed by atoms with E-state index in [0.717, 1.165) is 9.50 Å². The highest BCUT2D eigenvalue weighted by Crippen LogP contribution is 2.33. The van der Waals surface area contributed by atoms with Gasteiger partial charge >= 0.3 is 0 Å². The molecule has 0 aliphatic heterocycles. The van der Waals surface area contributed by atoms with Gasteiger partial charge in [-0.2, -0.15) is 0 Å². The second-order valence-electron chi connectivity index (χ2n) is 3.22. The maximum Gasteiger partial charge on any atom is 0.137 e. The molecule has 2 aromatic rings. The fraction of sp³-hybridized carbons (Fsp3) is 0. The van der Waals surface area contributed by atoms with Crippen LogP contribution in [0.2, 0.25) is 0 Å². The largest absolute Gasteiger partial charge is 0.398 e. The van der Waals surface area contributed by atoms with Crippen molar-refractivity contribution in [2.75, 3.05) is 5.73 Å². The molecule has 0 atom stereocenters. The molecule has 1 heterocycles. The van der Waals surface area contributed by atoms with Crippen LogP contribution in [0, 0.1) is 9.39 Å². The van der Waals surface area contributed by atoms with Crippen LogP contribution in [0.25, 0.3) is 0 Å². The van der Waals surface area contributed by atoms with Gasteiger partial charge in [-0.25, -0.2) is 9.37 Å². The molecule has 0 saturated carbocycles. The molecule has 2 rings (SSSR count). The van der Waals surface area contributed by atoms with Crippen molar-refractivity contribution in [2.45, 2.75) is 9.92 Å². The molecule has 1 aromatic heterocycles. The molecule has 0 amide bonds. The summed E-state index contributed by atoms with van der Waals surface area (Å²) in [5, 5.41) is 0.778. The molecule has 2 nitrogen and oxygen atoms in total. The molecular formula is C11H7BrFIN2S. The molecule has 0 fully saturated rings.